The molecule has 0 bridgehead atoms. The summed E-state index contributed by atoms with van der Waals surface area (Å²) in [5.41, 5.74) is 0.838. The van der Waals surface area contributed by atoms with Gasteiger partial charge in [0.1, 0.15) is 6.54 Å². The number of aryl methyl sites for hydroxylation is 1. The maximum Gasteiger partial charge on any atom is 0.405 e. The highest BCUT2D eigenvalue weighted by Crippen LogP contribution is 2.15. The zero-order chi connectivity index (χ0) is 17.7. The Morgan fingerprint density at radius 3 is 2.62 bits per heavy atom. The van der Waals surface area contributed by atoms with Crippen LogP contribution in [0.2, 0.25) is 0 Å². The molecule has 1 fully saturated rings. The van der Waals surface area contributed by atoms with Gasteiger partial charge in [-0.2, -0.15) is 18.3 Å². The fraction of sp³-hybridized carbons (Fsp3) is 0.667. The molecule has 0 saturated carbocycles. The molecule has 1 saturated heterocycles. The summed E-state index contributed by atoms with van der Waals surface area (Å²) >= 11 is 0. The molecule has 134 valence electrons. The topological polar surface area (TPSA) is 61.4 Å². The van der Waals surface area contributed by atoms with Gasteiger partial charge in [0.05, 0.1) is 11.7 Å². The number of hydrogen-bond acceptors (Lipinski definition) is 5. The van der Waals surface area contributed by atoms with Crippen LogP contribution in [0.3, 0.4) is 0 Å². The van der Waals surface area contributed by atoms with Gasteiger partial charge < -0.3 is 10.2 Å². The molecule has 0 aliphatic carbocycles. The van der Waals surface area contributed by atoms with E-state index in [1.54, 1.807) is 6.92 Å². The normalized spacial score (nSPS) is 18.1. The summed E-state index contributed by atoms with van der Waals surface area (Å²) in [7, 11) is 0. The van der Waals surface area contributed by atoms with Crippen LogP contribution in [0.5, 0.6) is 0 Å². The summed E-state index contributed by atoms with van der Waals surface area (Å²) < 4.78 is 36.6. The van der Waals surface area contributed by atoms with E-state index in [0.717, 1.165) is 24.5 Å². The first-order chi connectivity index (χ1) is 11.3. The fourth-order valence-corrected chi connectivity index (χ4v) is 2.62. The minimum atomic E-state index is -4.39. The van der Waals surface area contributed by atoms with E-state index < -0.39 is 24.7 Å². The zero-order valence-corrected chi connectivity index (χ0v) is 13.8. The molecule has 1 aromatic heterocycles. The lowest BCUT2D eigenvalue weighted by Crippen LogP contribution is -2.48. The second-order valence-electron chi connectivity index (χ2n) is 5.92. The smallest absolute Gasteiger partial charge is 0.354 e. The number of aromatic nitrogens is 2. The summed E-state index contributed by atoms with van der Waals surface area (Å²) in [5.74, 6) is 0.174. The molecule has 1 aromatic rings. The monoisotopic (exact) mass is 345 g/mol. The van der Waals surface area contributed by atoms with E-state index >= 15 is 0 Å². The van der Waals surface area contributed by atoms with Gasteiger partial charge >= 0.3 is 6.18 Å². The van der Waals surface area contributed by atoms with Gasteiger partial charge in [-0.3, -0.25) is 9.69 Å². The third-order valence-corrected chi connectivity index (χ3v) is 4.03. The first-order valence-corrected chi connectivity index (χ1v) is 7.90. The van der Waals surface area contributed by atoms with Gasteiger partial charge in [0.2, 0.25) is 5.91 Å². The molecule has 1 aliphatic rings. The first kappa shape index (κ1) is 18.4. The van der Waals surface area contributed by atoms with Gasteiger partial charge in [-0.05, 0) is 32.4 Å². The molecule has 0 radical (unpaired) electrons. The summed E-state index contributed by atoms with van der Waals surface area (Å²) in [5, 5.41) is 10.1. The van der Waals surface area contributed by atoms with Crippen molar-refractivity contribution in [2.75, 3.05) is 37.6 Å². The third-order valence-electron chi connectivity index (χ3n) is 4.03. The van der Waals surface area contributed by atoms with Crippen LogP contribution in [0, 0.1) is 6.92 Å². The summed E-state index contributed by atoms with van der Waals surface area (Å²) in [4.78, 5) is 15.9. The molecular weight excluding hydrogens is 323 g/mol. The quantitative estimate of drug-likeness (QED) is 0.893. The van der Waals surface area contributed by atoms with Crippen molar-refractivity contribution < 1.29 is 18.0 Å². The van der Waals surface area contributed by atoms with E-state index in [1.165, 1.54) is 0 Å². The largest absolute Gasteiger partial charge is 0.405 e. The minimum Gasteiger partial charge on any atom is -0.354 e. The number of anilines is 1. The lowest BCUT2D eigenvalue weighted by Gasteiger charge is -2.27. The van der Waals surface area contributed by atoms with Gasteiger partial charge in [0.15, 0.2) is 5.82 Å². The Morgan fingerprint density at radius 1 is 1.25 bits per heavy atom. The van der Waals surface area contributed by atoms with E-state index in [0.29, 0.717) is 19.6 Å². The summed E-state index contributed by atoms with van der Waals surface area (Å²) in [6, 6.07) is 3.19. The molecule has 1 aliphatic heterocycles. The van der Waals surface area contributed by atoms with Gasteiger partial charge in [-0.15, -0.1) is 5.10 Å². The van der Waals surface area contributed by atoms with Crippen LogP contribution in [-0.2, 0) is 4.79 Å². The Bertz CT molecular complexity index is 549. The highest BCUT2D eigenvalue weighted by atomic mass is 19.4. The van der Waals surface area contributed by atoms with E-state index in [4.69, 9.17) is 0 Å². The second-order valence-corrected chi connectivity index (χ2v) is 5.92. The van der Waals surface area contributed by atoms with Crippen molar-refractivity contribution in [1.29, 1.82) is 0 Å². The van der Waals surface area contributed by atoms with E-state index in [9.17, 15) is 18.0 Å². The Morgan fingerprint density at radius 2 is 2.00 bits per heavy atom. The Kier molecular flexibility index (Phi) is 5.98. The molecular formula is C15H22F3N5O. The Hall–Kier alpha value is -1.90. The van der Waals surface area contributed by atoms with Gasteiger partial charge in [-0.25, -0.2) is 0 Å². The number of alkyl halides is 3. The van der Waals surface area contributed by atoms with Crippen LogP contribution >= 0.6 is 0 Å². The van der Waals surface area contributed by atoms with E-state index in [2.05, 4.69) is 15.1 Å². The predicted octanol–water partition coefficient (Wildman–Crippen LogP) is 1.36. The summed E-state index contributed by atoms with van der Waals surface area (Å²) in [6.07, 6.45) is -3.60. The number of carbonyl (C=O) groups excluding carboxylic acids is 1. The highest BCUT2D eigenvalue weighted by Gasteiger charge is 2.30. The van der Waals surface area contributed by atoms with Crippen molar-refractivity contribution in [2.45, 2.75) is 32.5 Å². The highest BCUT2D eigenvalue weighted by molar-refractivity contribution is 5.81. The van der Waals surface area contributed by atoms with Crippen molar-refractivity contribution in [3.8, 4) is 0 Å². The van der Waals surface area contributed by atoms with Gasteiger partial charge in [0, 0.05) is 26.2 Å². The molecule has 2 heterocycles. The van der Waals surface area contributed by atoms with Crippen LogP contribution in [0.4, 0.5) is 19.0 Å². The molecule has 1 N–H and O–H groups in total. The molecule has 0 spiro atoms. The summed E-state index contributed by atoms with van der Waals surface area (Å²) in [6.45, 7) is 4.84. The number of carbonyl (C=O) groups is 1. The van der Waals surface area contributed by atoms with Gasteiger partial charge in [-0.1, -0.05) is 0 Å². The minimum absolute atomic E-state index is 0.580. The number of amides is 1. The Labute approximate surface area is 139 Å². The second kappa shape index (κ2) is 7.78. The molecule has 1 amide bonds. The fourth-order valence-electron chi connectivity index (χ4n) is 2.62. The van der Waals surface area contributed by atoms with Crippen molar-refractivity contribution in [1.82, 2.24) is 20.4 Å². The number of rotatable bonds is 4. The van der Waals surface area contributed by atoms with Crippen LogP contribution in [-0.4, -0.2) is 65.9 Å². The van der Waals surface area contributed by atoms with Crippen LogP contribution in [0.1, 0.15) is 19.0 Å². The molecule has 9 heteroatoms. The van der Waals surface area contributed by atoms with Crippen molar-refractivity contribution in [3.63, 3.8) is 0 Å². The Balaban J connectivity index is 1.90. The average molecular weight is 345 g/mol. The van der Waals surface area contributed by atoms with Crippen LogP contribution < -0.4 is 10.2 Å². The number of nitrogens with zero attached hydrogens (tertiary/aromatic N) is 4. The molecule has 0 unspecified atom stereocenters. The number of nitrogens with one attached hydrogen (secondary N) is 1. The van der Waals surface area contributed by atoms with Crippen molar-refractivity contribution in [3.05, 3.63) is 17.8 Å². The third kappa shape index (κ3) is 5.33. The maximum atomic E-state index is 12.2. The average Bonchev–Trinajstić information content (AvgIpc) is 2.78. The van der Waals surface area contributed by atoms with E-state index in [-0.39, 0.29) is 0 Å². The predicted molar refractivity (Wildman–Crippen MR) is 83.7 cm³/mol. The first-order valence-electron chi connectivity index (χ1n) is 7.90. The van der Waals surface area contributed by atoms with Gasteiger partial charge in [0.25, 0.3) is 0 Å². The molecule has 6 nitrogen and oxygen atoms in total. The number of hydrogen-bond donors (Lipinski definition) is 1. The molecule has 2 rings (SSSR count). The van der Waals surface area contributed by atoms with Crippen molar-refractivity contribution >= 4 is 11.7 Å². The molecule has 1 atom stereocenters. The standard InChI is InChI=1S/C15H22F3N5O/c1-11-4-5-13(21-20-11)23-7-3-6-22(8-9-23)12(2)14(24)19-10-15(16,17)18/h4-5,12H,3,6-10H2,1-2H3,(H,19,24)/t12-/m1/s1. The van der Waals surface area contributed by atoms with Crippen LogP contribution in [0.25, 0.3) is 0 Å². The van der Waals surface area contributed by atoms with Crippen molar-refractivity contribution in [2.24, 2.45) is 0 Å². The molecule has 24 heavy (non-hydrogen) atoms. The van der Waals surface area contributed by atoms with E-state index in [1.807, 2.05) is 29.3 Å². The lowest BCUT2D eigenvalue weighted by atomic mass is 10.2. The maximum absolute atomic E-state index is 12.2. The van der Waals surface area contributed by atoms with Crippen LogP contribution in [0.15, 0.2) is 12.1 Å². The SMILES string of the molecule is Cc1ccc(N2CCCN([C@H](C)C(=O)NCC(F)(F)F)CC2)nn1. The molecule has 0 aromatic carbocycles. The number of halogens is 3. The lowest BCUT2D eigenvalue weighted by molar-refractivity contribution is -0.141. The zero-order valence-electron chi connectivity index (χ0n) is 13.8.